The summed E-state index contributed by atoms with van der Waals surface area (Å²) < 4.78 is 1.02. The summed E-state index contributed by atoms with van der Waals surface area (Å²) in [6.07, 6.45) is 0.193. The van der Waals surface area contributed by atoms with Gasteiger partial charge in [-0.15, -0.1) is 0 Å². The number of halogens is 1. The van der Waals surface area contributed by atoms with Gasteiger partial charge in [-0.1, -0.05) is 22.0 Å². The normalized spacial score (nSPS) is 18.6. The summed E-state index contributed by atoms with van der Waals surface area (Å²) in [4.78, 5) is 13.2. The minimum atomic E-state index is -0.734. The van der Waals surface area contributed by atoms with Crippen LogP contribution < -0.4 is 4.90 Å². The van der Waals surface area contributed by atoms with Crippen LogP contribution in [0.15, 0.2) is 22.7 Å². The van der Waals surface area contributed by atoms with Gasteiger partial charge in [-0.3, -0.25) is 4.79 Å². The van der Waals surface area contributed by atoms with Gasteiger partial charge in [0.2, 0.25) is 0 Å². The molecule has 0 spiro atoms. The molecule has 4 heteroatoms. The lowest BCUT2D eigenvalue weighted by molar-refractivity contribution is -0.137. The topological polar surface area (TPSA) is 40.5 Å². The molecule has 0 fully saturated rings. The Bertz CT molecular complexity index is 445. The van der Waals surface area contributed by atoms with Gasteiger partial charge in [-0.05, 0) is 31.5 Å². The lowest BCUT2D eigenvalue weighted by atomic mass is 9.98. The molecule has 1 unspecified atom stereocenters. The molecule has 1 atom stereocenters. The zero-order chi connectivity index (χ0) is 12.6. The number of fused-ring (bicyclic) bond motifs is 1. The maximum atomic E-state index is 10.9. The standard InChI is InChI=1S/C13H16BrNO2/c1-8(2)15-7-9(6-12(16)17)13-10(14)4-3-5-11(13)15/h3-5,8-9H,6-7H2,1-2H3,(H,16,17). The lowest BCUT2D eigenvalue weighted by Crippen LogP contribution is -2.29. The van der Waals surface area contributed by atoms with Crippen molar-refractivity contribution < 1.29 is 9.90 Å². The van der Waals surface area contributed by atoms with E-state index in [1.807, 2.05) is 12.1 Å². The molecule has 0 saturated heterocycles. The van der Waals surface area contributed by atoms with Crippen LogP contribution in [-0.4, -0.2) is 23.7 Å². The second-order valence-electron chi connectivity index (χ2n) is 4.71. The van der Waals surface area contributed by atoms with Crippen LogP contribution in [0.2, 0.25) is 0 Å². The van der Waals surface area contributed by atoms with E-state index < -0.39 is 5.97 Å². The van der Waals surface area contributed by atoms with Crippen molar-refractivity contribution in [2.24, 2.45) is 0 Å². The van der Waals surface area contributed by atoms with E-state index in [2.05, 4.69) is 40.7 Å². The number of carboxylic acids is 1. The van der Waals surface area contributed by atoms with E-state index in [-0.39, 0.29) is 12.3 Å². The predicted octanol–water partition coefficient (Wildman–Crippen LogP) is 3.24. The van der Waals surface area contributed by atoms with Gasteiger partial charge in [0, 0.05) is 28.7 Å². The number of aliphatic carboxylic acids is 1. The van der Waals surface area contributed by atoms with Gasteiger partial charge in [0.25, 0.3) is 0 Å². The van der Waals surface area contributed by atoms with Crippen LogP contribution in [0.4, 0.5) is 5.69 Å². The largest absolute Gasteiger partial charge is 0.481 e. The van der Waals surface area contributed by atoms with Crippen molar-refractivity contribution in [3.63, 3.8) is 0 Å². The molecule has 1 aromatic carbocycles. The van der Waals surface area contributed by atoms with Gasteiger partial charge in [-0.2, -0.15) is 0 Å². The number of hydrogen-bond acceptors (Lipinski definition) is 2. The van der Waals surface area contributed by atoms with Crippen LogP contribution >= 0.6 is 15.9 Å². The van der Waals surface area contributed by atoms with Crippen LogP contribution in [0.1, 0.15) is 31.7 Å². The average molecular weight is 298 g/mol. The third kappa shape index (κ3) is 2.32. The van der Waals surface area contributed by atoms with Crippen LogP contribution in [0, 0.1) is 0 Å². The number of carbonyl (C=O) groups is 1. The van der Waals surface area contributed by atoms with Gasteiger partial charge in [0.05, 0.1) is 6.42 Å². The Balaban J connectivity index is 2.41. The molecule has 0 radical (unpaired) electrons. The summed E-state index contributed by atoms with van der Waals surface area (Å²) in [5, 5.41) is 8.98. The Morgan fingerprint density at radius 1 is 1.59 bits per heavy atom. The van der Waals surface area contributed by atoms with Crippen molar-refractivity contribution in [2.45, 2.75) is 32.2 Å². The minimum Gasteiger partial charge on any atom is -0.481 e. The third-order valence-electron chi connectivity index (χ3n) is 3.21. The molecule has 1 aliphatic rings. The molecule has 0 aromatic heterocycles. The summed E-state index contributed by atoms with van der Waals surface area (Å²) in [5.74, 6) is -0.650. The molecule has 1 N–H and O–H groups in total. The number of nitrogens with zero attached hydrogens (tertiary/aromatic N) is 1. The predicted molar refractivity (Wildman–Crippen MR) is 71.6 cm³/mol. The molecule has 1 aromatic rings. The zero-order valence-electron chi connectivity index (χ0n) is 9.98. The van der Waals surface area contributed by atoms with E-state index in [0.29, 0.717) is 6.04 Å². The van der Waals surface area contributed by atoms with Gasteiger partial charge in [0.1, 0.15) is 0 Å². The van der Waals surface area contributed by atoms with E-state index in [0.717, 1.165) is 16.6 Å². The first-order chi connectivity index (χ1) is 8.00. The molecule has 1 aliphatic heterocycles. The molecule has 0 bridgehead atoms. The summed E-state index contributed by atoms with van der Waals surface area (Å²) in [6, 6.07) is 6.45. The number of benzene rings is 1. The van der Waals surface area contributed by atoms with Crippen LogP contribution in [0.3, 0.4) is 0 Å². The highest BCUT2D eigenvalue weighted by Crippen LogP contribution is 2.43. The fourth-order valence-electron chi connectivity index (χ4n) is 2.47. The molecular formula is C13H16BrNO2. The van der Waals surface area contributed by atoms with Gasteiger partial charge < -0.3 is 10.0 Å². The highest BCUT2D eigenvalue weighted by atomic mass is 79.9. The molecule has 1 heterocycles. The van der Waals surface area contributed by atoms with Crippen molar-refractivity contribution in [1.29, 1.82) is 0 Å². The van der Waals surface area contributed by atoms with Gasteiger partial charge in [-0.25, -0.2) is 0 Å². The summed E-state index contributed by atoms with van der Waals surface area (Å²) >= 11 is 3.53. The molecule has 2 rings (SSSR count). The Kier molecular flexibility index (Phi) is 3.43. The van der Waals surface area contributed by atoms with Crippen molar-refractivity contribution in [3.8, 4) is 0 Å². The first-order valence-corrected chi connectivity index (χ1v) is 6.57. The monoisotopic (exact) mass is 297 g/mol. The smallest absolute Gasteiger partial charge is 0.304 e. The maximum Gasteiger partial charge on any atom is 0.304 e. The molecule has 0 aliphatic carbocycles. The molecule has 92 valence electrons. The second-order valence-corrected chi connectivity index (χ2v) is 5.57. The van der Waals surface area contributed by atoms with E-state index in [1.54, 1.807) is 0 Å². The van der Waals surface area contributed by atoms with E-state index >= 15 is 0 Å². The minimum absolute atomic E-state index is 0.0838. The maximum absolute atomic E-state index is 10.9. The molecule has 0 saturated carbocycles. The highest BCUT2D eigenvalue weighted by molar-refractivity contribution is 9.10. The zero-order valence-corrected chi connectivity index (χ0v) is 11.6. The van der Waals surface area contributed by atoms with Crippen LogP contribution in [-0.2, 0) is 4.79 Å². The van der Waals surface area contributed by atoms with E-state index in [1.165, 1.54) is 5.69 Å². The Morgan fingerprint density at radius 3 is 2.88 bits per heavy atom. The molecular weight excluding hydrogens is 282 g/mol. The quantitative estimate of drug-likeness (QED) is 0.931. The first kappa shape index (κ1) is 12.4. The fourth-order valence-corrected chi connectivity index (χ4v) is 3.15. The third-order valence-corrected chi connectivity index (χ3v) is 3.90. The Morgan fingerprint density at radius 2 is 2.29 bits per heavy atom. The van der Waals surface area contributed by atoms with Crippen molar-refractivity contribution in [2.75, 3.05) is 11.4 Å². The number of anilines is 1. The van der Waals surface area contributed by atoms with Crippen molar-refractivity contribution >= 4 is 27.6 Å². The summed E-state index contributed by atoms with van der Waals surface area (Å²) in [7, 11) is 0. The lowest BCUT2D eigenvalue weighted by Gasteiger charge is -2.24. The number of hydrogen-bond donors (Lipinski definition) is 1. The van der Waals surface area contributed by atoms with Gasteiger partial charge in [0.15, 0.2) is 0 Å². The molecule has 3 nitrogen and oxygen atoms in total. The second kappa shape index (κ2) is 4.69. The SMILES string of the molecule is CC(C)N1CC(CC(=O)O)c2c(Br)cccc21. The number of carboxylic acid groups (broad SMARTS) is 1. The average Bonchev–Trinajstić information content (AvgIpc) is 2.57. The molecule has 0 amide bonds. The highest BCUT2D eigenvalue weighted by Gasteiger charge is 2.32. The van der Waals surface area contributed by atoms with Crippen LogP contribution in [0.5, 0.6) is 0 Å². The summed E-state index contributed by atoms with van der Waals surface area (Å²) in [5.41, 5.74) is 2.31. The summed E-state index contributed by atoms with van der Waals surface area (Å²) in [6.45, 7) is 5.06. The van der Waals surface area contributed by atoms with Gasteiger partial charge >= 0.3 is 5.97 Å². The van der Waals surface area contributed by atoms with Crippen molar-refractivity contribution in [3.05, 3.63) is 28.2 Å². The fraction of sp³-hybridized carbons (Fsp3) is 0.462. The van der Waals surface area contributed by atoms with Crippen molar-refractivity contribution in [1.82, 2.24) is 0 Å². The number of rotatable bonds is 3. The first-order valence-electron chi connectivity index (χ1n) is 5.77. The Labute approximate surface area is 110 Å². The van der Waals surface area contributed by atoms with Crippen LogP contribution in [0.25, 0.3) is 0 Å². The van der Waals surface area contributed by atoms with E-state index in [9.17, 15) is 4.79 Å². The van der Waals surface area contributed by atoms with E-state index in [4.69, 9.17) is 5.11 Å². The Hall–Kier alpha value is -1.03. The molecule has 17 heavy (non-hydrogen) atoms.